The molecular weight excluding hydrogens is 296 g/mol. The van der Waals surface area contributed by atoms with Crippen molar-refractivity contribution in [3.05, 3.63) is 18.2 Å². The minimum Gasteiger partial charge on any atom is -0.497 e. The monoisotopic (exact) mass is 323 g/mol. The minimum atomic E-state index is -0.00670. The highest BCUT2D eigenvalue weighted by molar-refractivity contribution is 5.92. The van der Waals surface area contributed by atoms with E-state index in [1.165, 1.54) is 4.90 Å². The second-order valence-corrected chi connectivity index (χ2v) is 6.03. The fourth-order valence-corrected chi connectivity index (χ4v) is 3.00. The molecule has 0 radical (unpaired) electrons. The van der Waals surface area contributed by atoms with Gasteiger partial charge >= 0.3 is 0 Å². The fraction of sp³-hybridized carbons (Fsp3) is 0.588. The molecule has 2 atom stereocenters. The summed E-state index contributed by atoms with van der Waals surface area (Å²) in [6.07, 6.45) is 0.973. The summed E-state index contributed by atoms with van der Waals surface area (Å²) in [5.41, 5.74) is 0.664. The van der Waals surface area contributed by atoms with Crippen LogP contribution in [-0.4, -0.2) is 52.0 Å². The Morgan fingerprint density at radius 3 is 2.57 bits per heavy atom. The van der Waals surface area contributed by atoms with E-state index in [-0.39, 0.29) is 18.1 Å². The molecule has 1 aromatic rings. The molecule has 0 aliphatic carbocycles. The average molecular weight is 323 g/mol. The van der Waals surface area contributed by atoms with E-state index in [9.17, 15) is 4.79 Å². The molecule has 0 saturated carbocycles. The number of carbonyl (C=O) groups is 1. The molecule has 1 amide bonds. The zero-order chi connectivity index (χ0) is 16.8. The molecule has 0 aromatic heterocycles. The number of hydrogen-bond donors (Lipinski definition) is 2. The lowest BCUT2D eigenvalue weighted by molar-refractivity contribution is -0.914. The second-order valence-electron chi connectivity index (χ2n) is 6.03. The fourth-order valence-electron chi connectivity index (χ4n) is 3.00. The average Bonchev–Trinajstić information content (AvgIpc) is 2.52. The van der Waals surface area contributed by atoms with Gasteiger partial charge in [-0.1, -0.05) is 0 Å². The first-order chi connectivity index (χ1) is 11.0. The highest BCUT2D eigenvalue weighted by Gasteiger charge is 2.25. The van der Waals surface area contributed by atoms with Crippen molar-refractivity contribution < 1.29 is 23.9 Å². The van der Waals surface area contributed by atoms with Gasteiger partial charge in [-0.25, -0.2) is 0 Å². The lowest BCUT2D eigenvalue weighted by Crippen LogP contribution is -3.15. The number of methoxy groups -OCH3 is 2. The Hall–Kier alpha value is -1.79. The van der Waals surface area contributed by atoms with Crippen LogP contribution in [0.1, 0.15) is 20.3 Å². The van der Waals surface area contributed by atoms with Crippen LogP contribution in [0, 0.1) is 0 Å². The summed E-state index contributed by atoms with van der Waals surface area (Å²) in [4.78, 5) is 13.6. The Balaban J connectivity index is 1.87. The van der Waals surface area contributed by atoms with Gasteiger partial charge in [0, 0.05) is 6.07 Å². The summed E-state index contributed by atoms with van der Waals surface area (Å²) in [5, 5.41) is 2.91. The van der Waals surface area contributed by atoms with E-state index in [2.05, 4.69) is 19.2 Å². The molecule has 1 saturated heterocycles. The molecule has 0 unspecified atom stereocenters. The van der Waals surface area contributed by atoms with Crippen molar-refractivity contribution in [3.8, 4) is 11.5 Å². The number of ether oxygens (including phenoxy) is 3. The number of nitrogens with one attached hydrogen (secondary N) is 2. The van der Waals surface area contributed by atoms with Crippen LogP contribution in [0.4, 0.5) is 5.69 Å². The van der Waals surface area contributed by atoms with Crippen LogP contribution in [0.5, 0.6) is 11.5 Å². The number of rotatable bonds is 6. The van der Waals surface area contributed by atoms with Crippen molar-refractivity contribution in [3.63, 3.8) is 0 Å². The standard InChI is InChI=1S/C17H26N2O4/c1-12-10-19(11-13(2)23-12)8-7-17(20)18-15-6-5-14(21-3)9-16(15)22-4/h5-6,9,12-13H,7-8,10-11H2,1-4H3,(H,18,20)/p+1/t12-,13-/m0/s1. The molecule has 1 aromatic carbocycles. The third kappa shape index (κ3) is 5.11. The molecule has 0 spiro atoms. The van der Waals surface area contributed by atoms with Gasteiger partial charge in [0.2, 0.25) is 5.91 Å². The summed E-state index contributed by atoms with van der Waals surface area (Å²) in [5.74, 6) is 1.28. The summed E-state index contributed by atoms with van der Waals surface area (Å²) in [6, 6.07) is 5.35. The van der Waals surface area contributed by atoms with Crippen LogP contribution in [0.2, 0.25) is 0 Å². The van der Waals surface area contributed by atoms with Crippen LogP contribution in [0.25, 0.3) is 0 Å². The first kappa shape index (κ1) is 17.6. The molecule has 1 heterocycles. The first-order valence-corrected chi connectivity index (χ1v) is 8.02. The third-order valence-corrected chi connectivity index (χ3v) is 4.01. The van der Waals surface area contributed by atoms with Crippen molar-refractivity contribution in [1.82, 2.24) is 0 Å². The van der Waals surface area contributed by atoms with Crippen molar-refractivity contribution in [2.75, 3.05) is 39.2 Å². The molecular formula is C17H27N2O4+. The maximum Gasteiger partial charge on any atom is 0.230 e. The summed E-state index contributed by atoms with van der Waals surface area (Å²) in [6.45, 7) is 6.87. The zero-order valence-electron chi connectivity index (χ0n) is 14.3. The van der Waals surface area contributed by atoms with Crippen molar-refractivity contribution in [2.45, 2.75) is 32.5 Å². The quantitative estimate of drug-likeness (QED) is 0.810. The first-order valence-electron chi connectivity index (χ1n) is 8.02. The van der Waals surface area contributed by atoms with Gasteiger partial charge in [-0.05, 0) is 26.0 Å². The van der Waals surface area contributed by atoms with Gasteiger partial charge in [0.15, 0.2) is 0 Å². The third-order valence-electron chi connectivity index (χ3n) is 4.01. The molecule has 128 valence electrons. The largest absolute Gasteiger partial charge is 0.497 e. The van der Waals surface area contributed by atoms with Crippen LogP contribution in [0.15, 0.2) is 18.2 Å². The van der Waals surface area contributed by atoms with E-state index in [1.54, 1.807) is 32.4 Å². The number of anilines is 1. The van der Waals surface area contributed by atoms with Crippen LogP contribution in [-0.2, 0) is 9.53 Å². The molecule has 1 aliphatic heterocycles. The number of hydrogen-bond acceptors (Lipinski definition) is 4. The maximum absolute atomic E-state index is 12.2. The van der Waals surface area contributed by atoms with Gasteiger partial charge in [0.1, 0.15) is 36.8 Å². The zero-order valence-corrected chi connectivity index (χ0v) is 14.3. The minimum absolute atomic E-state index is 0.00670. The Labute approximate surface area is 137 Å². The van der Waals surface area contributed by atoms with E-state index in [0.717, 1.165) is 19.6 Å². The molecule has 2 N–H and O–H groups in total. The normalized spacial score (nSPS) is 24.1. The topological polar surface area (TPSA) is 61.2 Å². The Kier molecular flexibility index (Phi) is 6.24. The van der Waals surface area contributed by atoms with Gasteiger partial charge in [-0.2, -0.15) is 0 Å². The van der Waals surface area contributed by atoms with Gasteiger partial charge in [-0.3, -0.25) is 4.79 Å². The highest BCUT2D eigenvalue weighted by atomic mass is 16.5. The SMILES string of the molecule is COc1ccc(NC(=O)CC[NH+]2C[C@H](C)O[C@@H](C)C2)c(OC)c1. The van der Waals surface area contributed by atoms with Crippen molar-refractivity contribution in [2.24, 2.45) is 0 Å². The number of morpholine rings is 1. The van der Waals surface area contributed by atoms with E-state index >= 15 is 0 Å². The number of benzene rings is 1. The molecule has 23 heavy (non-hydrogen) atoms. The summed E-state index contributed by atoms with van der Waals surface area (Å²) >= 11 is 0. The Morgan fingerprint density at radius 1 is 1.26 bits per heavy atom. The van der Waals surface area contributed by atoms with E-state index in [1.807, 2.05) is 0 Å². The van der Waals surface area contributed by atoms with Crippen molar-refractivity contribution in [1.29, 1.82) is 0 Å². The van der Waals surface area contributed by atoms with Crippen LogP contribution >= 0.6 is 0 Å². The van der Waals surface area contributed by atoms with E-state index in [4.69, 9.17) is 14.2 Å². The van der Waals surface area contributed by atoms with E-state index in [0.29, 0.717) is 23.6 Å². The molecule has 1 aliphatic rings. The lowest BCUT2D eigenvalue weighted by Gasteiger charge is -2.32. The molecule has 0 bridgehead atoms. The second kappa shape index (κ2) is 8.17. The predicted octanol–water partition coefficient (Wildman–Crippen LogP) is 0.725. The maximum atomic E-state index is 12.2. The Bertz CT molecular complexity index is 525. The summed E-state index contributed by atoms with van der Waals surface area (Å²) < 4.78 is 16.2. The molecule has 6 nitrogen and oxygen atoms in total. The lowest BCUT2D eigenvalue weighted by atomic mass is 10.2. The van der Waals surface area contributed by atoms with Gasteiger partial charge in [-0.15, -0.1) is 0 Å². The molecule has 1 fully saturated rings. The van der Waals surface area contributed by atoms with Gasteiger partial charge in [0.25, 0.3) is 0 Å². The van der Waals surface area contributed by atoms with Crippen LogP contribution < -0.4 is 19.7 Å². The number of carbonyl (C=O) groups excluding carboxylic acids is 1. The number of amides is 1. The highest BCUT2D eigenvalue weighted by Crippen LogP contribution is 2.28. The molecule has 6 heteroatoms. The van der Waals surface area contributed by atoms with Crippen molar-refractivity contribution >= 4 is 11.6 Å². The predicted molar refractivity (Wildman–Crippen MR) is 88.4 cm³/mol. The molecule has 2 rings (SSSR count). The summed E-state index contributed by atoms with van der Waals surface area (Å²) in [7, 11) is 3.17. The van der Waals surface area contributed by atoms with Gasteiger partial charge < -0.3 is 24.4 Å². The Morgan fingerprint density at radius 2 is 1.96 bits per heavy atom. The van der Waals surface area contributed by atoms with Gasteiger partial charge in [0.05, 0.1) is 32.9 Å². The number of quaternary nitrogens is 1. The smallest absolute Gasteiger partial charge is 0.230 e. The van der Waals surface area contributed by atoms with Crippen LogP contribution in [0.3, 0.4) is 0 Å². The van der Waals surface area contributed by atoms with E-state index < -0.39 is 0 Å².